The number of carbonyl (C=O) groups excluding carboxylic acids is 1. The lowest BCUT2D eigenvalue weighted by molar-refractivity contribution is 0.0634. The zero-order valence-corrected chi connectivity index (χ0v) is 14.6. The predicted molar refractivity (Wildman–Crippen MR) is 83.6 cm³/mol. The van der Waals surface area contributed by atoms with Crippen LogP contribution in [0.25, 0.3) is 0 Å². The van der Waals surface area contributed by atoms with E-state index in [1.165, 1.54) is 18.2 Å². The van der Waals surface area contributed by atoms with E-state index < -0.39 is 10.0 Å². The molecule has 0 saturated heterocycles. The molecule has 0 atom stereocenters. The fraction of sp³-hybridized carbons (Fsp3) is 0.462. The number of amides is 1. The second-order valence-electron chi connectivity index (χ2n) is 4.77. The van der Waals surface area contributed by atoms with Crippen LogP contribution in [0.4, 0.5) is 0 Å². The van der Waals surface area contributed by atoms with Crippen LogP contribution in [-0.4, -0.2) is 45.5 Å². The number of sulfonamides is 1. The molecule has 1 rings (SSSR count). The molecule has 1 aromatic carbocycles. The standard InChI is InChI=1S/C13H19BrN2O4S/c1-9(2)16(6-7-20-3)13(17)11-8-10(21(15,18)19)4-5-12(11)14/h4-5,8-9H,6-7H2,1-3H3,(H2,15,18,19). The van der Waals surface area contributed by atoms with Gasteiger partial charge < -0.3 is 9.64 Å². The first kappa shape index (κ1) is 18.1. The number of rotatable bonds is 6. The maximum Gasteiger partial charge on any atom is 0.255 e. The minimum absolute atomic E-state index is 0.0438. The highest BCUT2D eigenvalue weighted by atomic mass is 79.9. The van der Waals surface area contributed by atoms with Crippen molar-refractivity contribution in [3.63, 3.8) is 0 Å². The second kappa shape index (κ2) is 7.35. The van der Waals surface area contributed by atoms with Crippen molar-refractivity contribution >= 4 is 31.9 Å². The maximum absolute atomic E-state index is 12.6. The largest absolute Gasteiger partial charge is 0.383 e. The molecule has 6 nitrogen and oxygen atoms in total. The molecule has 2 N–H and O–H groups in total. The fourth-order valence-corrected chi connectivity index (χ4v) is 2.74. The van der Waals surface area contributed by atoms with Gasteiger partial charge in [0.1, 0.15) is 0 Å². The first-order valence-corrected chi connectivity index (χ1v) is 8.64. The average molecular weight is 379 g/mol. The minimum atomic E-state index is -3.85. The lowest BCUT2D eigenvalue weighted by Crippen LogP contribution is -2.39. The van der Waals surface area contributed by atoms with Gasteiger partial charge in [0, 0.05) is 24.2 Å². The normalized spacial score (nSPS) is 11.7. The van der Waals surface area contributed by atoms with Crippen molar-refractivity contribution in [2.24, 2.45) is 5.14 Å². The van der Waals surface area contributed by atoms with Crippen molar-refractivity contribution in [1.29, 1.82) is 0 Å². The van der Waals surface area contributed by atoms with Crippen molar-refractivity contribution in [2.45, 2.75) is 24.8 Å². The smallest absolute Gasteiger partial charge is 0.255 e. The van der Waals surface area contributed by atoms with E-state index in [-0.39, 0.29) is 22.4 Å². The summed E-state index contributed by atoms with van der Waals surface area (Å²) >= 11 is 3.27. The third kappa shape index (κ3) is 4.77. The monoisotopic (exact) mass is 378 g/mol. The number of halogens is 1. The van der Waals surface area contributed by atoms with Gasteiger partial charge in [-0.05, 0) is 48.0 Å². The summed E-state index contributed by atoms with van der Waals surface area (Å²) in [5, 5.41) is 5.10. The number of nitrogens with two attached hydrogens (primary N) is 1. The summed E-state index contributed by atoms with van der Waals surface area (Å²) in [4.78, 5) is 14.1. The topological polar surface area (TPSA) is 89.7 Å². The van der Waals surface area contributed by atoms with Crippen LogP contribution in [0.2, 0.25) is 0 Å². The second-order valence-corrected chi connectivity index (χ2v) is 7.19. The quantitative estimate of drug-likeness (QED) is 0.813. The summed E-state index contributed by atoms with van der Waals surface area (Å²) in [5.41, 5.74) is 0.256. The Kier molecular flexibility index (Phi) is 6.33. The molecule has 1 amide bonds. The Bertz CT molecular complexity index is 617. The van der Waals surface area contributed by atoms with Gasteiger partial charge in [-0.3, -0.25) is 4.79 Å². The minimum Gasteiger partial charge on any atom is -0.383 e. The third-order valence-corrected chi connectivity index (χ3v) is 4.52. The first-order chi connectivity index (χ1) is 9.68. The highest BCUT2D eigenvalue weighted by Gasteiger charge is 2.22. The Labute approximate surface area is 133 Å². The molecule has 8 heteroatoms. The van der Waals surface area contributed by atoms with Crippen LogP contribution >= 0.6 is 15.9 Å². The Balaban J connectivity index is 3.21. The van der Waals surface area contributed by atoms with Gasteiger partial charge >= 0.3 is 0 Å². The molecule has 0 aromatic heterocycles. The summed E-state index contributed by atoms with van der Waals surface area (Å²) in [6.45, 7) is 4.57. The SMILES string of the molecule is COCCN(C(=O)c1cc(S(N)(=O)=O)ccc1Br)C(C)C. The third-order valence-electron chi connectivity index (χ3n) is 2.92. The lowest BCUT2D eigenvalue weighted by atomic mass is 10.1. The molecule has 0 fully saturated rings. The highest BCUT2D eigenvalue weighted by Crippen LogP contribution is 2.22. The number of carbonyl (C=O) groups is 1. The van der Waals surface area contributed by atoms with Crippen LogP contribution in [0.5, 0.6) is 0 Å². The van der Waals surface area contributed by atoms with Crippen molar-refractivity contribution in [1.82, 2.24) is 4.90 Å². The molecule has 0 unspecified atom stereocenters. The zero-order chi connectivity index (χ0) is 16.2. The summed E-state index contributed by atoms with van der Waals surface area (Å²) in [5.74, 6) is -0.278. The van der Waals surface area contributed by atoms with Crippen molar-refractivity contribution < 1.29 is 17.9 Å². The fourth-order valence-electron chi connectivity index (χ4n) is 1.78. The van der Waals surface area contributed by atoms with Crippen molar-refractivity contribution in [3.05, 3.63) is 28.2 Å². The Morgan fingerprint density at radius 2 is 2.05 bits per heavy atom. The van der Waals surface area contributed by atoms with E-state index in [0.717, 1.165) is 0 Å². The number of methoxy groups -OCH3 is 1. The van der Waals surface area contributed by atoms with E-state index in [9.17, 15) is 13.2 Å². The number of benzene rings is 1. The number of hydrogen-bond donors (Lipinski definition) is 1. The number of hydrogen-bond acceptors (Lipinski definition) is 4. The Morgan fingerprint density at radius 3 is 2.52 bits per heavy atom. The molecule has 21 heavy (non-hydrogen) atoms. The molecule has 0 saturated carbocycles. The molecule has 0 aliphatic rings. The van der Waals surface area contributed by atoms with Crippen LogP contribution in [0.15, 0.2) is 27.6 Å². The molecular weight excluding hydrogens is 360 g/mol. The van der Waals surface area contributed by atoms with Crippen molar-refractivity contribution in [3.8, 4) is 0 Å². The van der Waals surface area contributed by atoms with Gasteiger partial charge in [0.25, 0.3) is 5.91 Å². The number of nitrogens with zero attached hydrogens (tertiary/aromatic N) is 1. The van der Waals surface area contributed by atoms with Gasteiger partial charge in [-0.1, -0.05) is 0 Å². The van der Waals surface area contributed by atoms with E-state index in [1.54, 1.807) is 12.0 Å². The maximum atomic E-state index is 12.6. The summed E-state index contributed by atoms with van der Waals surface area (Å²) < 4.78 is 28.3. The van der Waals surface area contributed by atoms with Crippen molar-refractivity contribution in [2.75, 3.05) is 20.3 Å². The summed E-state index contributed by atoms with van der Waals surface area (Å²) in [6, 6.07) is 4.09. The Hall–Kier alpha value is -0.960. The van der Waals surface area contributed by atoms with Gasteiger partial charge in [0.2, 0.25) is 10.0 Å². The molecule has 0 aliphatic heterocycles. The molecule has 0 spiro atoms. The molecule has 1 aromatic rings. The molecule has 0 radical (unpaired) electrons. The summed E-state index contributed by atoms with van der Waals surface area (Å²) in [6.07, 6.45) is 0. The van der Waals surface area contributed by atoms with Gasteiger partial charge in [-0.25, -0.2) is 13.6 Å². The molecule has 0 aliphatic carbocycles. The summed E-state index contributed by atoms with van der Waals surface area (Å²) in [7, 11) is -2.30. The molecule has 0 heterocycles. The van der Waals surface area contributed by atoms with E-state index in [4.69, 9.17) is 9.88 Å². The van der Waals surface area contributed by atoms with Crippen LogP contribution in [0.1, 0.15) is 24.2 Å². The number of ether oxygens (including phenoxy) is 1. The van der Waals surface area contributed by atoms with E-state index >= 15 is 0 Å². The van der Waals surface area contributed by atoms with E-state index in [2.05, 4.69) is 15.9 Å². The average Bonchev–Trinajstić information content (AvgIpc) is 2.37. The van der Waals surface area contributed by atoms with Crippen LogP contribution in [0, 0.1) is 0 Å². The molecular formula is C13H19BrN2O4S. The van der Waals surface area contributed by atoms with Crippen LogP contribution < -0.4 is 5.14 Å². The predicted octanol–water partition coefficient (Wildman–Crippen LogP) is 1.59. The van der Waals surface area contributed by atoms with E-state index in [0.29, 0.717) is 17.6 Å². The Morgan fingerprint density at radius 1 is 1.43 bits per heavy atom. The highest BCUT2D eigenvalue weighted by molar-refractivity contribution is 9.10. The number of primary sulfonamides is 1. The lowest BCUT2D eigenvalue weighted by Gasteiger charge is -2.27. The van der Waals surface area contributed by atoms with Gasteiger partial charge in [0.15, 0.2) is 0 Å². The van der Waals surface area contributed by atoms with Gasteiger partial charge in [-0.2, -0.15) is 0 Å². The van der Waals surface area contributed by atoms with Crippen LogP contribution in [-0.2, 0) is 14.8 Å². The van der Waals surface area contributed by atoms with Gasteiger partial charge in [-0.15, -0.1) is 0 Å². The molecule has 0 bridgehead atoms. The molecule has 118 valence electrons. The zero-order valence-electron chi connectivity index (χ0n) is 12.2. The van der Waals surface area contributed by atoms with E-state index in [1.807, 2.05) is 13.8 Å². The van der Waals surface area contributed by atoms with Crippen LogP contribution in [0.3, 0.4) is 0 Å². The first-order valence-electron chi connectivity index (χ1n) is 6.30. The van der Waals surface area contributed by atoms with Gasteiger partial charge in [0.05, 0.1) is 17.1 Å².